The highest BCUT2D eigenvalue weighted by Crippen LogP contribution is 1.98. The van der Waals surface area contributed by atoms with E-state index in [0.717, 1.165) is 13.0 Å². The standard InChI is InChI=1S/C10H16IN3O/c1-14-7-9(13-8-14)10(15)12-6-4-2-3-5-11/h7-8H,2-6H2,1H3,(H,12,15). The second-order valence-electron chi connectivity index (χ2n) is 3.43. The normalized spacial score (nSPS) is 10.3. The van der Waals surface area contributed by atoms with Crippen molar-refractivity contribution >= 4 is 28.5 Å². The van der Waals surface area contributed by atoms with Crippen LogP contribution in [-0.2, 0) is 7.05 Å². The number of carbonyl (C=O) groups is 1. The van der Waals surface area contributed by atoms with E-state index in [1.54, 1.807) is 17.1 Å². The average Bonchev–Trinajstić information content (AvgIpc) is 2.64. The zero-order chi connectivity index (χ0) is 11.1. The predicted octanol–water partition coefficient (Wildman–Crippen LogP) is 1.76. The van der Waals surface area contributed by atoms with Gasteiger partial charge in [-0.3, -0.25) is 4.79 Å². The molecule has 0 spiro atoms. The summed E-state index contributed by atoms with van der Waals surface area (Å²) in [7, 11) is 1.85. The molecule has 84 valence electrons. The molecule has 0 unspecified atom stereocenters. The average molecular weight is 321 g/mol. The highest BCUT2D eigenvalue weighted by molar-refractivity contribution is 14.1. The number of rotatable bonds is 6. The van der Waals surface area contributed by atoms with Crippen molar-refractivity contribution in [3.63, 3.8) is 0 Å². The number of imidazole rings is 1. The maximum absolute atomic E-state index is 11.5. The van der Waals surface area contributed by atoms with E-state index in [-0.39, 0.29) is 5.91 Å². The zero-order valence-electron chi connectivity index (χ0n) is 8.87. The summed E-state index contributed by atoms with van der Waals surface area (Å²) in [6.07, 6.45) is 6.79. The van der Waals surface area contributed by atoms with Gasteiger partial charge in [0.15, 0.2) is 0 Å². The van der Waals surface area contributed by atoms with Gasteiger partial charge >= 0.3 is 0 Å². The molecule has 1 heterocycles. The van der Waals surface area contributed by atoms with E-state index in [1.165, 1.54) is 17.3 Å². The predicted molar refractivity (Wildman–Crippen MR) is 68.3 cm³/mol. The van der Waals surface area contributed by atoms with Gasteiger partial charge in [-0.15, -0.1) is 0 Å². The van der Waals surface area contributed by atoms with Crippen LogP contribution < -0.4 is 5.32 Å². The summed E-state index contributed by atoms with van der Waals surface area (Å²) in [5, 5.41) is 2.85. The zero-order valence-corrected chi connectivity index (χ0v) is 11.0. The third kappa shape index (κ3) is 4.63. The minimum atomic E-state index is -0.0786. The molecule has 0 aliphatic heterocycles. The van der Waals surface area contributed by atoms with Gasteiger partial charge in [0.25, 0.3) is 5.91 Å². The van der Waals surface area contributed by atoms with Gasteiger partial charge in [0.1, 0.15) is 5.69 Å². The molecule has 1 N–H and O–H groups in total. The molecule has 1 rings (SSSR count). The lowest BCUT2D eigenvalue weighted by Gasteiger charge is -2.01. The minimum Gasteiger partial charge on any atom is -0.351 e. The summed E-state index contributed by atoms with van der Waals surface area (Å²) in [4.78, 5) is 15.5. The number of aromatic nitrogens is 2. The first-order chi connectivity index (χ1) is 7.24. The number of aryl methyl sites for hydroxylation is 1. The second kappa shape index (κ2) is 6.81. The Balaban J connectivity index is 2.19. The maximum Gasteiger partial charge on any atom is 0.271 e. The minimum absolute atomic E-state index is 0.0786. The van der Waals surface area contributed by atoms with Gasteiger partial charge in [-0.25, -0.2) is 4.98 Å². The molecule has 0 aromatic carbocycles. The molecule has 0 saturated carbocycles. The Morgan fingerprint density at radius 1 is 1.53 bits per heavy atom. The van der Waals surface area contributed by atoms with Crippen molar-refractivity contribution in [2.75, 3.05) is 11.0 Å². The highest BCUT2D eigenvalue weighted by Gasteiger charge is 2.06. The molecule has 0 radical (unpaired) electrons. The molecule has 0 atom stereocenters. The fraction of sp³-hybridized carbons (Fsp3) is 0.600. The van der Waals surface area contributed by atoms with E-state index in [1.807, 2.05) is 7.05 Å². The van der Waals surface area contributed by atoms with E-state index in [4.69, 9.17) is 0 Å². The van der Waals surface area contributed by atoms with Gasteiger partial charge < -0.3 is 9.88 Å². The number of carbonyl (C=O) groups excluding carboxylic acids is 1. The molecule has 5 heteroatoms. The topological polar surface area (TPSA) is 46.9 Å². The highest BCUT2D eigenvalue weighted by atomic mass is 127. The van der Waals surface area contributed by atoms with Crippen LogP contribution in [0.25, 0.3) is 0 Å². The second-order valence-corrected chi connectivity index (χ2v) is 4.51. The first-order valence-corrected chi connectivity index (χ1v) is 6.58. The van der Waals surface area contributed by atoms with Crippen LogP contribution in [0, 0.1) is 0 Å². The summed E-state index contributed by atoms with van der Waals surface area (Å²) in [6, 6.07) is 0. The Kier molecular flexibility index (Phi) is 5.67. The number of hydrogen-bond donors (Lipinski definition) is 1. The number of nitrogens with zero attached hydrogens (tertiary/aromatic N) is 2. The first-order valence-electron chi connectivity index (χ1n) is 5.06. The van der Waals surface area contributed by atoms with E-state index in [9.17, 15) is 4.79 Å². The number of unbranched alkanes of at least 4 members (excludes halogenated alkanes) is 2. The van der Waals surface area contributed by atoms with E-state index >= 15 is 0 Å². The van der Waals surface area contributed by atoms with E-state index < -0.39 is 0 Å². The van der Waals surface area contributed by atoms with Crippen molar-refractivity contribution in [2.24, 2.45) is 7.05 Å². The molecule has 0 bridgehead atoms. The number of hydrogen-bond acceptors (Lipinski definition) is 2. The molecule has 1 aromatic rings. The summed E-state index contributed by atoms with van der Waals surface area (Å²) >= 11 is 2.36. The summed E-state index contributed by atoms with van der Waals surface area (Å²) in [6.45, 7) is 0.742. The Hall–Kier alpha value is -0.590. The molecule has 15 heavy (non-hydrogen) atoms. The Morgan fingerprint density at radius 3 is 2.93 bits per heavy atom. The molecule has 1 amide bonds. The van der Waals surface area contributed by atoms with Crippen LogP contribution in [0.3, 0.4) is 0 Å². The van der Waals surface area contributed by atoms with Crippen molar-refractivity contribution in [3.05, 3.63) is 18.2 Å². The van der Waals surface area contributed by atoms with Gasteiger partial charge in [0.05, 0.1) is 6.33 Å². The summed E-state index contributed by atoms with van der Waals surface area (Å²) in [5.74, 6) is -0.0786. The molecule has 0 aliphatic carbocycles. The van der Waals surface area contributed by atoms with Crippen molar-refractivity contribution in [3.8, 4) is 0 Å². The maximum atomic E-state index is 11.5. The van der Waals surface area contributed by atoms with Crippen LogP contribution in [0.4, 0.5) is 0 Å². The van der Waals surface area contributed by atoms with Crippen molar-refractivity contribution < 1.29 is 4.79 Å². The molecular formula is C10H16IN3O. The number of nitrogens with one attached hydrogen (secondary N) is 1. The third-order valence-electron chi connectivity index (χ3n) is 2.03. The molecule has 1 aromatic heterocycles. The Labute approximate surface area is 104 Å². The SMILES string of the molecule is Cn1cnc(C(=O)NCCCCCI)c1. The quantitative estimate of drug-likeness (QED) is 0.493. The van der Waals surface area contributed by atoms with Gasteiger partial charge in [0.2, 0.25) is 0 Å². The number of amides is 1. The third-order valence-corrected chi connectivity index (χ3v) is 2.80. The number of halogens is 1. The summed E-state index contributed by atoms with van der Waals surface area (Å²) in [5.41, 5.74) is 0.492. The fourth-order valence-corrected chi connectivity index (χ4v) is 1.76. The van der Waals surface area contributed by atoms with Crippen molar-refractivity contribution in [1.82, 2.24) is 14.9 Å². The van der Waals surface area contributed by atoms with Crippen LogP contribution >= 0.6 is 22.6 Å². The van der Waals surface area contributed by atoms with Crippen LogP contribution in [0.5, 0.6) is 0 Å². The Morgan fingerprint density at radius 2 is 2.33 bits per heavy atom. The molecular weight excluding hydrogens is 305 g/mol. The van der Waals surface area contributed by atoms with Crippen molar-refractivity contribution in [2.45, 2.75) is 19.3 Å². The lowest BCUT2D eigenvalue weighted by molar-refractivity contribution is 0.0948. The molecule has 0 saturated heterocycles. The lowest BCUT2D eigenvalue weighted by Crippen LogP contribution is -2.24. The van der Waals surface area contributed by atoms with Crippen molar-refractivity contribution in [1.29, 1.82) is 0 Å². The monoisotopic (exact) mass is 321 g/mol. The molecule has 4 nitrogen and oxygen atoms in total. The smallest absolute Gasteiger partial charge is 0.271 e. The fourth-order valence-electron chi connectivity index (χ4n) is 1.22. The van der Waals surface area contributed by atoms with Crippen LogP contribution in [-0.4, -0.2) is 26.4 Å². The first kappa shape index (κ1) is 12.5. The van der Waals surface area contributed by atoms with Gasteiger partial charge in [-0.05, 0) is 17.3 Å². The molecule has 0 fully saturated rings. The number of alkyl halides is 1. The summed E-state index contributed by atoms with van der Waals surface area (Å²) < 4.78 is 2.96. The van der Waals surface area contributed by atoms with Gasteiger partial charge in [-0.1, -0.05) is 29.0 Å². The van der Waals surface area contributed by atoms with Crippen LogP contribution in [0.2, 0.25) is 0 Å². The van der Waals surface area contributed by atoms with Crippen LogP contribution in [0.1, 0.15) is 29.8 Å². The van der Waals surface area contributed by atoms with Gasteiger partial charge in [0, 0.05) is 19.8 Å². The lowest BCUT2D eigenvalue weighted by atomic mass is 10.2. The van der Waals surface area contributed by atoms with Crippen LogP contribution in [0.15, 0.2) is 12.5 Å². The van der Waals surface area contributed by atoms with E-state index in [0.29, 0.717) is 5.69 Å². The molecule has 0 aliphatic rings. The van der Waals surface area contributed by atoms with E-state index in [2.05, 4.69) is 32.9 Å². The Bertz CT molecular complexity index is 311. The van der Waals surface area contributed by atoms with Gasteiger partial charge in [-0.2, -0.15) is 0 Å². The largest absolute Gasteiger partial charge is 0.351 e.